The average Bonchev–Trinajstić information content (AvgIpc) is 3.49. The quantitative estimate of drug-likeness (QED) is 0.223. The maximum Gasteiger partial charge on any atom is 0.234 e. The monoisotopic (exact) mass is 650 g/mol. The van der Waals surface area contributed by atoms with Gasteiger partial charge in [0, 0.05) is 24.6 Å². The number of hydrogen-bond donors (Lipinski definition) is 3. The van der Waals surface area contributed by atoms with E-state index in [1.165, 1.54) is 9.80 Å². The van der Waals surface area contributed by atoms with E-state index in [0.29, 0.717) is 31.4 Å². The Labute approximate surface area is 278 Å². The van der Waals surface area contributed by atoms with Gasteiger partial charge in [-0.2, -0.15) is 0 Å². The topological polar surface area (TPSA) is 145 Å². The number of fused-ring (bicyclic) bond motifs is 4. The molecule has 0 radical (unpaired) electrons. The van der Waals surface area contributed by atoms with Gasteiger partial charge in [-0.05, 0) is 73.1 Å². The van der Waals surface area contributed by atoms with Crippen LogP contribution in [-0.2, 0) is 32.0 Å². The zero-order chi connectivity index (χ0) is 33.5. The van der Waals surface area contributed by atoms with Gasteiger partial charge in [0.1, 0.15) is 23.9 Å². The molecule has 3 N–H and O–H groups in total. The second-order valence-electron chi connectivity index (χ2n) is 13.1. The molecular weight excluding hydrogens is 612 g/mol. The molecule has 248 valence electrons. The standard InChI is InChI=1S/C38H38N2O8/c41-19-20-48-31-4-2-1-3-27(31)32-26-13-14-28-33(37(46)39(35(28)44)17-15-22-5-9-24(42)10-6-22)29(26)21-30-34(32)38(47)40(36(30)45)18-16-23-7-11-25(43)12-8-23/h1-13,28-30,32-34,41-43H,14-21H2. The highest BCUT2D eigenvalue weighted by Gasteiger charge is 2.62. The first-order valence-electron chi connectivity index (χ1n) is 16.6. The van der Waals surface area contributed by atoms with Crippen LogP contribution in [0.4, 0.5) is 0 Å². The van der Waals surface area contributed by atoms with Crippen molar-refractivity contribution >= 4 is 23.6 Å². The third-order valence-corrected chi connectivity index (χ3v) is 10.6. The fraction of sp³-hybridized carbons (Fsp3) is 0.368. The molecule has 3 fully saturated rings. The summed E-state index contributed by atoms with van der Waals surface area (Å²) in [5.41, 5.74) is 3.38. The molecule has 4 amide bonds. The van der Waals surface area contributed by atoms with E-state index in [2.05, 4.69) is 0 Å². The van der Waals surface area contributed by atoms with Crippen LogP contribution >= 0.6 is 0 Å². The molecule has 0 aromatic heterocycles. The molecule has 6 atom stereocenters. The minimum atomic E-state index is -0.701. The summed E-state index contributed by atoms with van der Waals surface area (Å²) in [4.78, 5) is 58.9. The Morgan fingerprint density at radius 3 is 1.83 bits per heavy atom. The lowest BCUT2D eigenvalue weighted by molar-refractivity contribution is -0.142. The van der Waals surface area contributed by atoms with Gasteiger partial charge in [-0.3, -0.25) is 29.0 Å². The number of ether oxygens (including phenoxy) is 1. The van der Waals surface area contributed by atoms with Crippen LogP contribution in [-0.4, -0.2) is 75.1 Å². The van der Waals surface area contributed by atoms with Crippen molar-refractivity contribution < 1.29 is 39.2 Å². The summed E-state index contributed by atoms with van der Waals surface area (Å²) in [5.74, 6) is -3.74. The zero-order valence-electron chi connectivity index (χ0n) is 26.4. The molecule has 3 aromatic carbocycles. The fourth-order valence-corrected chi connectivity index (χ4v) is 8.34. The number of para-hydroxylation sites is 1. The van der Waals surface area contributed by atoms with Crippen LogP contribution in [0.1, 0.15) is 35.4 Å². The third kappa shape index (κ3) is 5.53. The van der Waals surface area contributed by atoms with E-state index in [-0.39, 0.29) is 61.4 Å². The lowest BCUT2D eigenvalue weighted by Gasteiger charge is -2.44. The highest BCUT2D eigenvalue weighted by Crippen LogP contribution is 2.58. The summed E-state index contributed by atoms with van der Waals surface area (Å²) in [6.07, 6.45) is 3.54. The van der Waals surface area contributed by atoms with Gasteiger partial charge in [-0.15, -0.1) is 0 Å². The van der Waals surface area contributed by atoms with E-state index in [4.69, 9.17) is 4.74 Å². The van der Waals surface area contributed by atoms with Gasteiger partial charge < -0.3 is 20.1 Å². The number of rotatable bonds is 10. The van der Waals surface area contributed by atoms with E-state index in [1.807, 2.05) is 24.3 Å². The van der Waals surface area contributed by atoms with Crippen LogP contribution in [0.2, 0.25) is 0 Å². The molecule has 2 saturated heterocycles. The number of aliphatic hydroxyl groups excluding tert-OH is 1. The van der Waals surface area contributed by atoms with E-state index in [9.17, 15) is 34.5 Å². The summed E-state index contributed by atoms with van der Waals surface area (Å²) in [5, 5.41) is 28.8. The number of carbonyl (C=O) groups excluding carboxylic acids is 4. The van der Waals surface area contributed by atoms with Gasteiger partial charge in [0.25, 0.3) is 0 Å². The van der Waals surface area contributed by atoms with Crippen LogP contribution < -0.4 is 4.74 Å². The van der Waals surface area contributed by atoms with Crippen molar-refractivity contribution in [3.05, 3.63) is 101 Å². The van der Waals surface area contributed by atoms with Crippen molar-refractivity contribution in [3.8, 4) is 17.2 Å². The maximum absolute atomic E-state index is 14.3. The number of imide groups is 2. The molecule has 10 nitrogen and oxygen atoms in total. The summed E-state index contributed by atoms with van der Waals surface area (Å²) in [6.45, 7) is 0.259. The van der Waals surface area contributed by atoms with Gasteiger partial charge >= 0.3 is 0 Å². The summed E-state index contributed by atoms with van der Waals surface area (Å²) in [6, 6.07) is 20.7. The molecule has 6 unspecified atom stereocenters. The highest BCUT2D eigenvalue weighted by molar-refractivity contribution is 6.08. The molecule has 0 bridgehead atoms. The largest absolute Gasteiger partial charge is 0.508 e. The van der Waals surface area contributed by atoms with E-state index in [1.54, 1.807) is 54.6 Å². The summed E-state index contributed by atoms with van der Waals surface area (Å²) < 4.78 is 5.94. The highest BCUT2D eigenvalue weighted by atomic mass is 16.5. The van der Waals surface area contributed by atoms with Crippen LogP contribution in [0.15, 0.2) is 84.4 Å². The second kappa shape index (κ2) is 12.9. The molecule has 1 saturated carbocycles. The van der Waals surface area contributed by atoms with E-state index < -0.39 is 35.5 Å². The Morgan fingerprint density at radius 2 is 1.23 bits per heavy atom. The Kier molecular flexibility index (Phi) is 8.51. The smallest absolute Gasteiger partial charge is 0.234 e. The number of phenolic OH excluding ortho intramolecular Hbond substituents is 2. The van der Waals surface area contributed by atoms with Crippen molar-refractivity contribution in [2.45, 2.75) is 31.6 Å². The Bertz CT molecular complexity index is 1770. The van der Waals surface area contributed by atoms with Gasteiger partial charge in [-0.25, -0.2) is 0 Å². The molecule has 0 spiro atoms. The lowest BCUT2D eigenvalue weighted by Crippen LogP contribution is -2.43. The maximum atomic E-state index is 14.3. The van der Waals surface area contributed by atoms with Crippen LogP contribution in [0, 0.1) is 29.6 Å². The summed E-state index contributed by atoms with van der Waals surface area (Å²) in [7, 11) is 0. The number of allylic oxidation sites excluding steroid dienone is 2. The fourth-order valence-electron chi connectivity index (χ4n) is 8.34. The third-order valence-electron chi connectivity index (χ3n) is 10.6. The number of hydrogen-bond acceptors (Lipinski definition) is 8. The number of aliphatic hydroxyl groups is 1. The number of likely N-dealkylation sites (tertiary alicyclic amines) is 2. The predicted octanol–water partition coefficient (Wildman–Crippen LogP) is 3.59. The number of amides is 4. The van der Waals surface area contributed by atoms with Crippen LogP contribution in [0.25, 0.3) is 0 Å². The Morgan fingerprint density at radius 1 is 0.667 bits per heavy atom. The first kappa shape index (κ1) is 31.6. The number of nitrogens with zero attached hydrogens (tertiary/aromatic N) is 2. The second-order valence-corrected chi connectivity index (χ2v) is 13.1. The minimum absolute atomic E-state index is 0.0552. The van der Waals surface area contributed by atoms with Crippen molar-refractivity contribution in [1.29, 1.82) is 0 Å². The van der Waals surface area contributed by atoms with Crippen molar-refractivity contribution in [3.63, 3.8) is 0 Å². The molecule has 10 heteroatoms. The average molecular weight is 651 g/mol. The first-order valence-corrected chi connectivity index (χ1v) is 16.6. The van der Waals surface area contributed by atoms with Crippen molar-refractivity contribution in [1.82, 2.24) is 9.80 Å². The van der Waals surface area contributed by atoms with Crippen LogP contribution in [0.5, 0.6) is 17.2 Å². The Hall–Kier alpha value is -4.96. The van der Waals surface area contributed by atoms with Crippen LogP contribution in [0.3, 0.4) is 0 Å². The minimum Gasteiger partial charge on any atom is -0.508 e. The van der Waals surface area contributed by atoms with Crippen molar-refractivity contribution in [2.75, 3.05) is 26.3 Å². The lowest BCUT2D eigenvalue weighted by atomic mass is 9.57. The molecule has 2 heterocycles. The number of carbonyl (C=O) groups is 4. The molecule has 3 aromatic rings. The molecular formula is C38H38N2O8. The summed E-state index contributed by atoms with van der Waals surface area (Å²) >= 11 is 0. The number of phenols is 2. The first-order chi connectivity index (χ1) is 23.3. The molecule has 4 aliphatic rings. The van der Waals surface area contributed by atoms with Gasteiger partial charge in [0.05, 0.1) is 30.3 Å². The van der Waals surface area contributed by atoms with Gasteiger partial charge in [0.2, 0.25) is 23.6 Å². The van der Waals surface area contributed by atoms with E-state index in [0.717, 1.165) is 22.3 Å². The van der Waals surface area contributed by atoms with Crippen molar-refractivity contribution in [2.24, 2.45) is 29.6 Å². The van der Waals surface area contributed by atoms with Gasteiger partial charge in [-0.1, -0.05) is 54.1 Å². The molecule has 2 aliphatic carbocycles. The molecule has 2 aliphatic heterocycles. The molecule has 7 rings (SSSR count). The van der Waals surface area contributed by atoms with Gasteiger partial charge in [0.15, 0.2) is 0 Å². The zero-order valence-corrected chi connectivity index (χ0v) is 26.4. The molecule has 48 heavy (non-hydrogen) atoms. The number of benzene rings is 3. The number of aromatic hydroxyl groups is 2. The SMILES string of the molecule is O=C1C2CC=C3C(CC4C(=O)N(CCc5ccc(O)cc5)C(=O)C4C3c3ccccc3OCCO)C2C(=O)N1CCc1ccc(O)cc1. The van der Waals surface area contributed by atoms with E-state index >= 15 is 0 Å². The predicted molar refractivity (Wildman–Crippen MR) is 174 cm³/mol. The Balaban J connectivity index is 1.21. The normalized spacial score (nSPS) is 26.3.